The van der Waals surface area contributed by atoms with Crippen molar-refractivity contribution >= 4 is 29.6 Å². The van der Waals surface area contributed by atoms with Gasteiger partial charge in [0.1, 0.15) is 11.8 Å². The second-order valence-corrected chi connectivity index (χ2v) is 9.70. The van der Waals surface area contributed by atoms with E-state index >= 15 is 0 Å². The molecule has 8 N–H and O–H groups in total. The first kappa shape index (κ1) is 26.5. The molecule has 0 saturated carbocycles. The third-order valence-electron chi connectivity index (χ3n) is 7.47. The minimum Gasteiger partial charge on any atom is -0.497 e. The SMILES string of the molecule is COc1cc(C(=O)NC2CN3C(=N)NC(CN4C(=O)CCC4=O)[C@@H]4NC(=N)NC43C2(O)O)cc(C(F)(F)F)c1. The summed E-state index contributed by atoms with van der Waals surface area (Å²) in [5.74, 6) is -5.80. The fraction of sp³-hybridized carbons (Fsp3) is 0.500. The van der Waals surface area contributed by atoms with Crippen molar-refractivity contribution in [2.75, 3.05) is 20.2 Å². The number of ether oxygens (including phenoxy) is 1. The summed E-state index contributed by atoms with van der Waals surface area (Å²) in [5.41, 5.74) is -3.63. The monoisotopic (exact) mass is 554 g/mol. The summed E-state index contributed by atoms with van der Waals surface area (Å²) >= 11 is 0. The molecule has 0 aliphatic carbocycles. The van der Waals surface area contributed by atoms with Crippen LogP contribution in [-0.2, 0) is 15.8 Å². The number of methoxy groups -OCH3 is 1. The predicted molar refractivity (Wildman–Crippen MR) is 124 cm³/mol. The maximum atomic E-state index is 13.3. The zero-order chi connectivity index (χ0) is 28.5. The number of benzene rings is 1. The van der Waals surface area contributed by atoms with Crippen molar-refractivity contribution in [3.05, 3.63) is 29.3 Å². The number of nitrogens with zero attached hydrogens (tertiary/aromatic N) is 2. The van der Waals surface area contributed by atoms with Crippen LogP contribution in [0.15, 0.2) is 18.2 Å². The lowest BCUT2D eigenvalue weighted by atomic mass is 9.84. The van der Waals surface area contributed by atoms with Crippen molar-refractivity contribution < 1.29 is 42.5 Å². The summed E-state index contributed by atoms with van der Waals surface area (Å²) in [5, 5.41) is 50.0. The van der Waals surface area contributed by atoms with Crippen molar-refractivity contribution in [1.82, 2.24) is 31.1 Å². The highest BCUT2D eigenvalue weighted by molar-refractivity contribution is 6.02. The molecule has 4 aliphatic rings. The Morgan fingerprint density at radius 1 is 1.18 bits per heavy atom. The largest absolute Gasteiger partial charge is 0.497 e. The average Bonchev–Trinajstić information content (AvgIpc) is 3.46. The van der Waals surface area contributed by atoms with Crippen LogP contribution in [-0.4, -0.2) is 99.4 Å². The van der Waals surface area contributed by atoms with Gasteiger partial charge in [-0.3, -0.25) is 30.1 Å². The molecule has 0 aromatic heterocycles. The first-order valence-electron chi connectivity index (χ1n) is 11.8. The Bertz CT molecular complexity index is 1270. The molecule has 3 unspecified atom stereocenters. The molecule has 1 spiro atoms. The minimum absolute atomic E-state index is 0.0187. The highest BCUT2D eigenvalue weighted by atomic mass is 19.4. The van der Waals surface area contributed by atoms with E-state index in [0.29, 0.717) is 12.1 Å². The highest BCUT2D eigenvalue weighted by Gasteiger charge is 2.74. The molecule has 39 heavy (non-hydrogen) atoms. The second kappa shape index (κ2) is 8.70. The molecule has 3 amide bonds. The van der Waals surface area contributed by atoms with Crippen LogP contribution in [0.2, 0.25) is 0 Å². The van der Waals surface area contributed by atoms with Gasteiger partial charge in [0.25, 0.3) is 5.91 Å². The van der Waals surface area contributed by atoms with Gasteiger partial charge in [-0.05, 0) is 18.2 Å². The van der Waals surface area contributed by atoms with Gasteiger partial charge in [0.2, 0.25) is 17.6 Å². The normalized spacial score (nSPS) is 29.4. The zero-order valence-corrected chi connectivity index (χ0v) is 20.3. The molecule has 4 heterocycles. The third-order valence-corrected chi connectivity index (χ3v) is 7.47. The van der Waals surface area contributed by atoms with E-state index in [0.717, 1.165) is 23.0 Å². The number of hydrogen-bond donors (Lipinski definition) is 8. The van der Waals surface area contributed by atoms with Crippen LogP contribution in [0, 0.1) is 10.8 Å². The number of nitrogens with one attached hydrogen (secondary N) is 6. The number of likely N-dealkylation sites (tertiary alicyclic amines) is 1. The van der Waals surface area contributed by atoms with Gasteiger partial charge in [-0.15, -0.1) is 0 Å². The van der Waals surface area contributed by atoms with Crippen LogP contribution >= 0.6 is 0 Å². The summed E-state index contributed by atoms with van der Waals surface area (Å²) in [6.07, 6.45) is -4.75. The van der Waals surface area contributed by atoms with E-state index in [1.54, 1.807) is 0 Å². The smallest absolute Gasteiger partial charge is 0.416 e. The van der Waals surface area contributed by atoms with Crippen molar-refractivity contribution in [1.29, 1.82) is 10.8 Å². The fourth-order valence-electron chi connectivity index (χ4n) is 5.61. The van der Waals surface area contributed by atoms with Crippen molar-refractivity contribution in [2.24, 2.45) is 0 Å². The van der Waals surface area contributed by atoms with Gasteiger partial charge in [-0.1, -0.05) is 0 Å². The van der Waals surface area contributed by atoms with Crippen molar-refractivity contribution in [3.8, 4) is 5.75 Å². The molecular formula is C22H25F3N8O6. The number of aliphatic hydroxyl groups is 2. The van der Waals surface area contributed by atoms with E-state index in [4.69, 9.17) is 15.6 Å². The summed E-state index contributed by atoms with van der Waals surface area (Å²) in [7, 11) is 1.13. The van der Waals surface area contributed by atoms with Gasteiger partial charge in [0.05, 0.1) is 31.3 Å². The number of hydrogen-bond acceptors (Lipinski definition) is 8. The number of alkyl halides is 3. The Morgan fingerprint density at radius 2 is 1.85 bits per heavy atom. The molecule has 0 bridgehead atoms. The van der Waals surface area contributed by atoms with Crippen LogP contribution in [0.5, 0.6) is 5.75 Å². The number of amides is 3. The lowest BCUT2D eigenvalue weighted by Gasteiger charge is -2.51. The maximum Gasteiger partial charge on any atom is 0.416 e. The van der Waals surface area contributed by atoms with E-state index in [-0.39, 0.29) is 37.1 Å². The van der Waals surface area contributed by atoms with E-state index in [2.05, 4.69) is 21.3 Å². The number of guanidine groups is 2. The zero-order valence-electron chi connectivity index (χ0n) is 20.3. The molecule has 1 aromatic carbocycles. The summed E-state index contributed by atoms with van der Waals surface area (Å²) in [6.45, 7) is -0.632. The second-order valence-electron chi connectivity index (χ2n) is 9.70. The van der Waals surface area contributed by atoms with Gasteiger partial charge in [-0.25, -0.2) is 0 Å². The Balaban J connectivity index is 1.45. The predicted octanol–water partition coefficient (Wildman–Crippen LogP) is -1.94. The van der Waals surface area contributed by atoms with E-state index in [1.165, 1.54) is 0 Å². The van der Waals surface area contributed by atoms with Crippen LogP contribution < -0.4 is 26.0 Å². The van der Waals surface area contributed by atoms with Crippen molar-refractivity contribution in [2.45, 2.75) is 48.6 Å². The molecular weight excluding hydrogens is 529 g/mol. The Kier molecular flexibility index (Phi) is 5.91. The van der Waals surface area contributed by atoms with E-state index in [9.17, 15) is 37.8 Å². The van der Waals surface area contributed by atoms with Crippen molar-refractivity contribution in [3.63, 3.8) is 0 Å². The van der Waals surface area contributed by atoms with Crippen LogP contribution in [0.3, 0.4) is 0 Å². The topological polar surface area (TPSA) is 203 Å². The van der Waals surface area contributed by atoms with Gasteiger partial charge in [0.15, 0.2) is 17.6 Å². The first-order chi connectivity index (χ1) is 18.2. The number of imide groups is 1. The summed E-state index contributed by atoms with van der Waals surface area (Å²) in [6, 6.07) is -1.27. The van der Waals surface area contributed by atoms with Crippen LogP contribution in [0.25, 0.3) is 0 Å². The molecule has 5 rings (SSSR count). The van der Waals surface area contributed by atoms with E-state index in [1.807, 2.05) is 0 Å². The van der Waals surface area contributed by atoms with E-state index < -0.39 is 71.1 Å². The lowest BCUT2D eigenvalue weighted by molar-refractivity contribution is -0.232. The van der Waals surface area contributed by atoms with Gasteiger partial charge >= 0.3 is 6.18 Å². The summed E-state index contributed by atoms with van der Waals surface area (Å²) in [4.78, 5) is 39.6. The lowest BCUT2D eigenvalue weighted by Crippen LogP contribution is -2.81. The average molecular weight is 554 g/mol. The molecule has 1 aromatic rings. The standard InChI is InChI=1S/C22H25F3N8O6/c1-39-11-5-9(4-10(6-11)22(23,24)25)17(36)29-13-8-33-19(27)28-12(7-32-14(34)2-3-15(32)35)16-20(33,21(13,37)38)31-18(26)30-16/h4-6,12-13,16,37-38H,2-3,7-8H2,1H3,(H2,27,28)(H,29,36)(H3,26,30,31)/t12?,13?,16-,20?/m0/s1. The third kappa shape index (κ3) is 3.99. The van der Waals surface area contributed by atoms with Crippen LogP contribution in [0.4, 0.5) is 13.2 Å². The molecule has 4 saturated heterocycles. The molecule has 17 heteroatoms. The number of carbonyl (C=O) groups excluding carboxylic acids is 3. The molecule has 210 valence electrons. The fourth-order valence-corrected chi connectivity index (χ4v) is 5.61. The maximum absolute atomic E-state index is 13.3. The van der Waals surface area contributed by atoms with Gasteiger partial charge in [-0.2, -0.15) is 13.2 Å². The van der Waals surface area contributed by atoms with Gasteiger partial charge < -0.3 is 41.1 Å². The quantitative estimate of drug-likeness (QED) is 0.149. The number of halogens is 3. The Hall–Kier alpha value is -4.12. The number of rotatable bonds is 5. The molecule has 4 aliphatic heterocycles. The molecule has 0 radical (unpaired) electrons. The summed E-state index contributed by atoms with van der Waals surface area (Å²) < 4.78 is 44.9. The molecule has 4 fully saturated rings. The first-order valence-corrected chi connectivity index (χ1v) is 11.8. The Morgan fingerprint density at radius 3 is 2.46 bits per heavy atom. The Labute approximate surface area is 218 Å². The minimum atomic E-state index is -4.78. The molecule has 4 atom stereocenters. The molecule has 14 nitrogen and oxygen atoms in total. The number of carbonyl (C=O) groups is 3. The van der Waals surface area contributed by atoms with Gasteiger partial charge in [0, 0.05) is 24.9 Å². The van der Waals surface area contributed by atoms with Crippen LogP contribution in [0.1, 0.15) is 28.8 Å². The highest BCUT2D eigenvalue weighted by Crippen LogP contribution is 2.43.